The molecule has 1 aliphatic heterocycles. The van der Waals surface area contributed by atoms with Crippen LogP contribution in [0.25, 0.3) is 0 Å². The third kappa shape index (κ3) is 4.60. The van der Waals surface area contributed by atoms with Gasteiger partial charge in [0.2, 0.25) is 0 Å². The lowest BCUT2D eigenvalue weighted by Crippen LogP contribution is -2.35. The summed E-state index contributed by atoms with van der Waals surface area (Å²) in [6.45, 7) is 3.62. The van der Waals surface area contributed by atoms with Gasteiger partial charge in [0.15, 0.2) is 0 Å². The summed E-state index contributed by atoms with van der Waals surface area (Å²) in [4.78, 5) is 3.80. The van der Waals surface area contributed by atoms with Crippen molar-refractivity contribution >= 4 is 11.3 Å². The van der Waals surface area contributed by atoms with Crippen molar-refractivity contribution in [2.45, 2.75) is 32.2 Å². The van der Waals surface area contributed by atoms with E-state index in [1.165, 1.54) is 17.7 Å². The standard InChI is InChI=1S/C16H23NO2S/c18-9-2-1-5-15-7-11-20-16(15)13-17-8-3-4-14(12-17)6-10-19/h7,11,14,18-19H,2-4,6,8-10,12-13H2. The Bertz CT molecular complexity index is 459. The first kappa shape index (κ1) is 15.5. The number of rotatable bonds is 5. The molecule has 1 aromatic rings. The maximum absolute atomic E-state index is 9.07. The molecule has 1 aliphatic rings. The number of hydrogen-bond acceptors (Lipinski definition) is 4. The summed E-state index contributed by atoms with van der Waals surface area (Å²) in [6.07, 6.45) is 3.92. The first-order valence-corrected chi connectivity index (χ1v) is 8.20. The Balaban J connectivity index is 1.93. The summed E-state index contributed by atoms with van der Waals surface area (Å²) in [5.41, 5.74) is 1.10. The van der Waals surface area contributed by atoms with Crippen molar-refractivity contribution in [3.8, 4) is 11.8 Å². The third-order valence-electron chi connectivity index (χ3n) is 3.71. The van der Waals surface area contributed by atoms with E-state index in [9.17, 15) is 0 Å². The Morgan fingerprint density at radius 3 is 3.05 bits per heavy atom. The van der Waals surface area contributed by atoms with Crippen LogP contribution in [-0.2, 0) is 6.54 Å². The van der Waals surface area contributed by atoms with E-state index in [0.29, 0.717) is 18.9 Å². The predicted octanol–water partition coefficient (Wildman–Crippen LogP) is 2.08. The lowest BCUT2D eigenvalue weighted by molar-refractivity contribution is 0.143. The van der Waals surface area contributed by atoms with Crippen LogP contribution in [0.2, 0.25) is 0 Å². The van der Waals surface area contributed by atoms with E-state index in [2.05, 4.69) is 28.2 Å². The number of piperidine rings is 1. The van der Waals surface area contributed by atoms with Crippen LogP contribution in [0, 0.1) is 17.8 Å². The number of thiophene rings is 1. The summed E-state index contributed by atoms with van der Waals surface area (Å²) in [5.74, 6) is 6.79. The van der Waals surface area contributed by atoms with Crippen LogP contribution in [0.4, 0.5) is 0 Å². The number of nitrogens with zero attached hydrogens (tertiary/aromatic N) is 1. The zero-order valence-electron chi connectivity index (χ0n) is 11.8. The van der Waals surface area contributed by atoms with Crippen molar-refractivity contribution in [3.63, 3.8) is 0 Å². The largest absolute Gasteiger partial charge is 0.396 e. The van der Waals surface area contributed by atoms with Crippen molar-refractivity contribution in [2.75, 3.05) is 26.3 Å². The smallest absolute Gasteiger partial charge is 0.0540 e. The summed E-state index contributed by atoms with van der Waals surface area (Å²) >= 11 is 1.76. The number of hydrogen-bond donors (Lipinski definition) is 2. The fraction of sp³-hybridized carbons (Fsp3) is 0.625. The van der Waals surface area contributed by atoms with Gasteiger partial charge in [-0.05, 0) is 43.2 Å². The Hall–Kier alpha value is -0.860. The van der Waals surface area contributed by atoms with Crippen molar-refractivity contribution in [1.82, 2.24) is 4.90 Å². The Morgan fingerprint density at radius 1 is 1.35 bits per heavy atom. The topological polar surface area (TPSA) is 43.7 Å². The van der Waals surface area contributed by atoms with E-state index in [4.69, 9.17) is 10.2 Å². The highest BCUT2D eigenvalue weighted by atomic mass is 32.1. The van der Waals surface area contributed by atoms with E-state index in [1.54, 1.807) is 11.3 Å². The first-order valence-electron chi connectivity index (χ1n) is 7.32. The minimum atomic E-state index is 0.126. The Labute approximate surface area is 125 Å². The van der Waals surface area contributed by atoms with Gasteiger partial charge < -0.3 is 10.2 Å². The molecule has 1 atom stereocenters. The molecule has 0 aliphatic carbocycles. The SMILES string of the molecule is OCCC#Cc1ccsc1CN1CCCC(CCO)C1. The second kappa shape index (κ2) is 8.43. The van der Waals surface area contributed by atoms with Gasteiger partial charge in [-0.3, -0.25) is 4.90 Å². The minimum absolute atomic E-state index is 0.126. The molecule has 1 aromatic heterocycles. The molecular weight excluding hydrogens is 270 g/mol. The molecule has 4 heteroatoms. The normalized spacial score (nSPS) is 19.6. The van der Waals surface area contributed by atoms with Crippen LogP contribution in [0.15, 0.2) is 11.4 Å². The molecule has 2 rings (SSSR count). The van der Waals surface area contributed by atoms with Crippen molar-refractivity contribution in [1.29, 1.82) is 0 Å². The molecule has 0 spiro atoms. The second-order valence-corrected chi connectivity index (χ2v) is 6.29. The van der Waals surface area contributed by atoms with Crippen molar-refractivity contribution in [2.24, 2.45) is 5.92 Å². The highest BCUT2D eigenvalue weighted by Crippen LogP contribution is 2.24. The Morgan fingerprint density at radius 2 is 2.25 bits per heavy atom. The Kier molecular flexibility index (Phi) is 6.55. The molecule has 20 heavy (non-hydrogen) atoms. The molecule has 0 amide bonds. The molecule has 3 nitrogen and oxygen atoms in total. The molecule has 2 heterocycles. The number of aliphatic hydroxyl groups excluding tert-OH is 2. The maximum Gasteiger partial charge on any atom is 0.0540 e. The number of likely N-dealkylation sites (tertiary alicyclic amines) is 1. The average molecular weight is 293 g/mol. The molecule has 0 bridgehead atoms. The molecular formula is C16H23NO2S. The molecule has 110 valence electrons. The van der Waals surface area contributed by atoms with E-state index in [-0.39, 0.29) is 6.61 Å². The molecule has 1 fully saturated rings. The van der Waals surface area contributed by atoms with Crippen LogP contribution in [0.3, 0.4) is 0 Å². The van der Waals surface area contributed by atoms with Gasteiger partial charge in [-0.1, -0.05) is 11.8 Å². The number of aliphatic hydroxyl groups is 2. The maximum atomic E-state index is 9.07. The molecule has 0 saturated carbocycles. The van der Waals surface area contributed by atoms with Gasteiger partial charge in [-0.15, -0.1) is 11.3 Å². The molecule has 0 aromatic carbocycles. The van der Waals surface area contributed by atoms with Gasteiger partial charge in [0.25, 0.3) is 0 Å². The second-order valence-electron chi connectivity index (χ2n) is 5.29. The van der Waals surface area contributed by atoms with E-state index in [0.717, 1.165) is 31.6 Å². The van der Waals surface area contributed by atoms with E-state index in [1.807, 2.05) is 0 Å². The monoisotopic (exact) mass is 293 g/mol. The van der Waals surface area contributed by atoms with Crippen LogP contribution in [0.1, 0.15) is 36.1 Å². The average Bonchev–Trinajstić information content (AvgIpc) is 2.87. The van der Waals surface area contributed by atoms with Crippen LogP contribution in [-0.4, -0.2) is 41.4 Å². The summed E-state index contributed by atoms with van der Waals surface area (Å²) < 4.78 is 0. The van der Waals surface area contributed by atoms with E-state index < -0.39 is 0 Å². The molecule has 2 N–H and O–H groups in total. The molecule has 1 unspecified atom stereocenters. The fourth-order valence-corrected chi connectivity index (χ4v) is 3.58. The van der Waals surface area contributed by atoms with Crippen molar-refractivity contribution in [3.05, 3.63) is 21.9 Å². The highest BCUT2D eigenvalue weighted by molar-refractivity contribution is 7.10. The third-order valence-corrected chi connectivity index (χ3v) is 4.62. The van der Waals surface area contributed by atoms with Gasteiger partial charge in [0, 0.05) is 36.6 Å². The van der Waals surface area contributed by atoms with Crippen LogP contribution in [0.5, 0.6) is 0 Å². The van der Waals surface area contributed by atoms with Gasteiger partial charge in [0.1, 0.15) is 0 Å². The summed E-state index contributed by atoms with van der Waals surface area (Å²) in [5, 5.41) is 19.9. The van der Waals surface area contributed by atoms with Crippen LogP contribution < -0.4 is 0 Å². The molecule has 0 radical (unpaired) electrons. The lowest BCUT2D eigenvalue weighted by Gasteiger charge is -2.32. The van der Waals surface area contributed by atoms with E-state index >= 15 is 0 Å². The first-order chi connectivity index (χ1) is 9.83. The lowest BCUT2D eigenvalue weighted by atomic mass is 9.95. The predicted molar refractivity (Wildman–Crippen MR) is 82.6 cm³/mol. The summed E-state index contributed by atoms with van der Waals surface area (Å²) in [6, 6.07) is 2.07. The van der Waals surface area contributed by atoms with Gasteiger partial charge >= 0.3 is 0 Å². The van der Waals surface area contributed by atoms with Gasteiger partial charge in [-0.2, -0.15) is 0 Å². The zero-order valence-corrected chi connectivity index (χ0v) is 12.7. The summed E-state index contributed by atoms with van der Waals surface area (Å²) in [7, 11) is 0. The molecule has 1 saturated heterocycles. The van der Waals surface area contributed by atoms with Crippen molar-refractivity contribution < 1.29 is 10.2 Å². The van der Waals surface area contributed by atoms with Crippen LogP contribution >= 0.6 is 11.3 Å². The van der Waals surface area contributed by atoms with Gasteiger partial charge in [-0.25, -0.2) is 0 Å². The minimum Gasteiger partial charge on any atom is -0.396 e. The highest BCUT2D eigenvalue weighted by Gasteiger charge is 2.20. The fourth-order valence-electron chi connectivity index (χ4n) is 2.70. The quantitative estimate of drug-likeness (QED) is 0.817. The van der Waals surface area contributed by atoms with Gasteiger partial charge in [0.05, 0.1) is 6.61 Å². The zero-order chi connectivity index (χ0) is 14.2.